The molecule has 0 saturated heterocycles. The van der Waals surface area contributed by atoms with Crippen LogP contribution < -0.4 is 0 Å². The lowest BCUT2D eigenvalue weighted by Crippen LogP contribution is -2.40. The lowest BCUT2D eigenvalue weighted by atomic mass is 9.66. The predicted molar refractivity (Wildman–Crippen MR) is 58.5 cm³/mol. The van der Waals surface area contributed by atoms with Crippen LogP contribution in [0.25, 0.3) is 0 Å². The Morgan fingerprint density at radius 3 is 1.56 bits per heavy atom. The molecule has 2 aliphatic carbocycles. The molecule has 86 valence electrons. The molecule has 0 aromatic heterocycles. The van der Waals surface area contributed by atoms with E-state index in [1.807, 2.05) is 0 Å². The number of rotatable bonds is 2. The van der Waals surface area contributed by atoms with Gasteiger partial charge in [-0.1, -0.05) is 12.8 Å². The second kappa shape index (κ2) is 5.20. The van der Waals surface area contributed by atoms with Gasteiger partial charge in [-0.05, 0) is 37.5 Å². The molecule has 16 heavy (non-hydrogen) atoms. The largest absolute Gasteiger partial charge is 0.235 e. The summed E-state index contributed by atoms with van der Waals surface area (Å²) >= 11 is 0. The van der Waals surface area contributed by atoms with Crippen molar-refractivity contribution in [3.05, 3.63) is 0 Å². The van der Waals surface area contributed by atoms with Gasteiger partial charge < -0.3 is 0 Å². The topological polar surface area (TPSA) is 58.9 Å². The Kier molecular flexibility index (Phi) is 3.66. The van der Waals surface area contributed by atoms with E-state index in [4.69, 9.17) is 0 Å². The summed E-state index contributed by atoms with van der Waals surface area (Å²) in [5.41, 5.74) is 0. The summed E-state index contributed by atoms with van der Waals surface area (Å²) in [5.74, 6) is 0.845. The van der Waals surface area contributed by atoms with Gasteiger partial charge in [0, 0.05) is 0 Å². The van der Waals surface area contributed by atoms with Gasteiger partial charge in [0.05, 0.1) is 12.1 Å². The molecule has 4 atom stereocenters. The van der Waals surface area contributed by atoms with Crippen LogP contribution in [0.15, 0.2) is 9.98 Å². The van der Waals surface area contributed by atoms with Crippen molar-refractivity contribution >= 4 is 12.2 Å². The van der Waals surface area contributed by atoms with Gasteiger partial charge in [-0.25, -0.2) is 19.6 Å². The molecular formula is C12H16N2O2. The normalized spacial score (nSPS) is 37.8. The molecule has 2 saturated carbocycles. The van der Waals surface area contributed by atoms with Crippen molar-refractivity contribution in [2.24, 2.45) is 21.8 Å². The highest BCUT2D eigenvalue weighted by molar-refractivity contribution is 5.34. The molecule has 4 nitrogen and oxygen atoms in total. The van der Waals surface area contributed by atoms with Crippen LogP contribution >= 0.6 is 0 Å². The van der Waals surface area contributed by atoms with Gasteiger partial charge in [0.1, 0.15) is 0 Å². The number of hydrogen-bond acceptors (Lipinski definition) is 4. The fourth-order valence-corrected chi connectivity index (χ4v) is 3.39. The summed E-state index contributed by atoms with van der Waals surface area (Å²) in [6, 6.07) is 0.224. The van der Waals surface area contributed by atoms with Crippen LogP contribution in [0.5, 0.6) is 0 Å². The molecule has 0 radical (unpaired) electrons. The summed E-state index contributed by atoms with van der Waals surface area (Å²) in [6.07, 6.45) is 9.68. The second-order valence-corrected chi connectivity index (χ2v) is 4.76. The minimum Gasteiger partial charge on any atom is -0.211 e. The first-order valence-electron chi connectivity index (χ1n) is 6.00. The second-order valence-electron chi connectivity index (χ2n) is 4.76. The van der Waals surface area contributed by atoms with Gasteiger partial charge in [-0.2, -0.15) is 0 Å². The van der Waals surface area contributed by atoms with Crippen LogP contribution in [0.3, 0.4) is 0 Å². The summed E-state index contributed by atoms with van der Waals surface area (Å²) in [5, 5.41) is 0. The van der Waals surface area contributed by atoms with E-state index in [0.29, 0.717) is 11.8 Å². The molecule has 2 fully saturated rings. The first-order chi connectivity index (χ1) is 7.86. The van der Waals surface area contributed by atoms with Crippen molar-refractivity contribution in [1.29, 1.82) is 0 Å². The van der Waals surface area contributed by atoms with Crippen molar-refractivity contribution in [3.8, 4) is 0 Å². The van der Waals surface area contributed by atoms with Crippen LogP contribution in [0.4, 0.5) is 0 Å². The van der Waals surface area contributed by atoms with Gasteiger partial charge in [-0.3, -0.25) is 0 Å². The molecule has 0 aromatic rings. The predicted octanol–water partition coefficient (Wildman–Crippen LogP) is 2.00. The fraction of sp³-hybridized carbons (Fsp3) is 0.833. The average molecular weight is 220 g/mol. The molecule has 0 heterocycles. The van der Waals surface area contributed by atoms with E-state index < -0.39 is 0 Å². The highest BCUT2D eigenvalue weighted by atomic mass is 16.1. The minimum absolute atomic E-state index is 0.112. The fourth-order valence-electron chi connectivity index (χ4n) is 3.39. The Bertz CT molecular complexity index is 309. The number of hydrogen-bond donors (Lipinski definition) is 0. The van der Waals surface area contributed by atoms with Crippen molar-refractivity contribution in [3.63, 3.8) is 0 Å². The molecule has 0 aliphatic heterocycles. The number of aliphatic imine (C=N–C) groups is 2. The maximum atomic E-state index is 10.4. The first kappa shape index (κ1) is 11.3. The number of fused-ring (bicyclic) bond motifs is 1. The Hall–Kier alpha value is -1.24. The average Bonchev–Trinajstić information content (AvgIpc) is 2.31. The van der Waals surface area contributed by atoms with Gasteiger partial charge in [0.15, 0.2) is 0 Å². The quantitative estimate of drug-likeness (QED) is 0.528. The van der Waals surface area contributed by atoms with Crippen molar-refractivity contribution in [2.45, 2.75) is 50.6 Å². The zero-order chi connectivity index (χ0) is 11.4. The van der Waals surface area contributed by atoms with E-state index in [0.717, 1.165) is 38.5 Å². The van der Waals surface area contributed by atoms with Crippen LogP contribution in [-0.2, 0) is 9.59 Å². The van der Waals surface area contributed by atoms with Gasteiger partial charge in [0.25, 0.3) is 0 Å². The molecule has 0 N–H and O–H groups in total. The van der Waals surface area contributed by atoms with Crippen molar-refractivity contribution in [1.82, 2.24) is 0 Å². The maximum absolute atomic E-state index is 10.4. The smallest absolute Gasteiger partial charge is 0.211 e. The molecule has 4 unspecified atom stereocenters. The molecule has 2 aliphatic rings. The van der Waals surface area contributed by atoms with E-state index >= 15 is 0 Å². The van der Waals surface area contributed by atoms with E-state index in [-0.39, 0.29) is 12.1 Å². The summed E-state index contributed by atoms with van der Waals surface area (Å²) in [4.78, 5) is 28.6. The standard InChI is InChI=1S/C12H16N2O2/c15-7-13-11-5-1-3-9-10(11)4-2-6-12(9)14-8-16/h9-12H,1-6H2. The van der Waals surface area contributed by atoms with E-state index in [9.17, 15) is 9.59 Å². The molecular weight excluding hydrogens is 204 g/mol. The highest BCUT2D eigenvalue weighted by Crippen LogP contribution is 2.42. The van der Waals surface area contributed by atoms with Crippen LogP contribution in [0, 0.1) is 11.8 Å². The number of nitrogens with zero attached hydrogens (tertiary/aromatic N) is 2. The van der Waals surface area contributed by atoms with Crippen molar-refractivity contribution < 1.29 is 9.59 Å². The third-order valence-corrected chi connectivity index (χ3v) is 4.05. The van der Waals surface area contributed by atoms with Crippen LogP contribution in [0.1, 0.15) is 38.5 Å². The molecule has 0 bridgehead atoms. The maximum Gasteiger partial charge on any atom is 0.235 e. The molecule has 2 rings (SSSR count). The van der Waals surface area contributed by atoms with Crippen LogP contribution in [-0.4, -0.2) is 24.2 Å². The zero-order valence-corrected chi connectivity index (χ0v) is 9.26. The summed E-state index contributed by atoms with van der Waals surface area (Å²) in [7, 11) is 0. The molecule has 0 aromatic carbocycles. The third kappa shape index (κ3) is 2.13. The Morgan fingerprint density at radius 1 is 0.750 bits per heavy atom. The summed E-state index contributed by atoms with van der Waals surface area (Å²) in [6.45, 7) is 0. The van der Waals surface area contributed by atoms with Crippen molar-refractivity contribution in [2.75, 3.05) is 0 Å². The van der Waals surface area contributed by atoms with E-state index in [1.165, 1.54) is 0 Å². The number of isocyanates is 2. The lowest BCUT2D eigenvalue weighted by molar-refractivity contribution is 0.127. The Balaban J connectivity index is 2.16. The first-order valence-corrected chi connectivity index (χ1v) is 6.00. The Morgan fingerprint density at radius 2 is 1.19 bits per heavy atom. The third-order valence-electron chi connectivity index (χ3n) is 4.05. The van der Waals surface area contributed by atoms with Gasteiger partial charge in [0.2, 0.25) is 12.2 Å². The molecule has 4 heteroatoms. The SMILES string of the molecule is O=C=NC1CCCC2C(N=C=O)CCCC12. The lowest BCUT2D eigenvalue weighted by Gasteiger charge is -2.41. The van der Waals surface area contributed by atoms with Gasteiger partial charge >= 0.3 is 0 Å². The van der Waals surface area contributed by atoms with E-state index in [2.05, 4.69) is 9.98 Å². The minimum atomic E-state index is 0.112. The molecule has 0 spiro atoms. The highest BCUT2D eigenvalue weighted by Gasteiger charge is 2.40. The van der Waals surface area contributed by atoms with Crippen LogP contribution in [0.2, 0.25) is 0 Å². The van der Waals surface area contributed by atoms with Gasteiger partial charge in [-0.15, -0.1) is 0 Å². The summed E-state index contributed by atoms with van der Waals surface area (Å²) < 4.78 is 0. The zero-order valence-electron chi connectivity index (χ0n) is 9.26. The Labute approximate surface area is 94.9 Å². The monoisotopic (exact) mass is 220 g/mol. The number of carbonyl (C=O) groups excluding carboxylic acids is 2. The van der Waals surface area contributed by atoms with E-state index in [1.54, 1.807) is 12.2 Å². The molecule has 0 amide bonds.